The standard InChI is InChI=1S/C30H31N5O5S2/c1-17-9-10-20(29(36)37)15-25(17)34-18(2)14-22(19(34)3)28-27(24-8-6-7-13-31-24)32-30(41)35(28)21-11-12-23(26(16-21)40-4)33-42(5,38)39/h6-16,27-28,33H,1-5H3,(H,32,41)(H,36,37)/t27-,28-/m1/s1. The fourth-order valence-electron chi connectivity index (χ4n) is 5.50. The SMILES string of the molecule is COc1cc(N2C(=S)N[C@H](c3ccccn3)[C@H]2c2cc(C)n(-c3cc(C(=O)O)ccc3C)c2C)ccc1NS(C)(=O)=O. The fourth-order valence-corrected chi connectivity index (χ4v) is 6.42. The van der Waals surface area contributed by atoms with Gasteiger partial charge in [-0.1, -0.05) is 12.1 Å². The summed E-state index contributed by atoms with van der Waals surface area (Å²) in [5.74, 6) is -0.652. The number of ether oxygens (including phenoxy) is 1. The van der Waals surface area contributed by atoms with E-state index in [-0.39, 0.29) is 17.6 Å². The number of nitrogens with zero attached hydrogens (tertiary/aromatic N) is 3. The molecule has 0 spiro atoms. The molecule has 0 aliphatic carbocycles. The summed E-state index contributed by atoms with van der Waals surface area (Å²) < 4.78 is 33.9. The number of anilines is 2. The van der Waals surface area contributed by atoms with Crippen molar-refractivity contribution in [3.8, 4) is 11.4 Å². The summed E-state index contributed by atoms with van der Waals surface area (Å²) in [6.07, 6.45) is 2.81. The molecule has 10 nitrogen and oxygen atoms in total. The molecular weight excluding hydrogens is 574 g/mol. The highest BCUT2D eigenvalue weighted by molar-refractivity contribution is 7.92. The normalized spacial score (nSPS) is 16.8. The lowest BCUT2D eigenvalue weighted by atomic mass is 9.96. The van der Waals surface area contributed by atoms with Crippen LogP contribution in [0.4, 0.5) is 11.4 Å². The van der Waals surface area contributed by atoms with Crippen LogP contribution in [-0.2, 0) is 10.0 Å². The molecule has 1 saturated heterocycles. The maximum atomic E-state index is 11.9. The van der Waals surface area contributed by atoms with Gasteiger partial charge in [-0.25, -0.2) is 13.2 Å². The van der Waals surface area contributed by atoms with Crippen LogP contribution in [0.15, 0.2) is 66.9 Å². The Kier molecular flexibility index (Phi) is 7.69. The molecule has 0 amide bonds. The molecule has 4 aromatic rings. The maximum absolute atomic E-state index is 11.9. The molecule has 2 aromatic heterocycles. The van der Waals surface area contributed by atoms with Crippen molar-refractivity contribution >= 4 is 44.7 Å². The Morgan fingerprint density at radius 1 is 1.10 bits per heavy atom. The largest absolute Gasteiger partial charge is 0.494 e. The summed E-state index contributed by atoms with van der Waals surface area (Å²) in [4.78, 5) is 18.4. The molecule has 0 radical (unpaired) electrons. The number of rotatable bonds is 8. The van der Waals surface area contributed by atoms with Crippen molar-refractivity contribution in [2.45, 2.75) is 32.9 Å². The zero-order chi connectivity index (χ0) is 30.3. The summed E-state index contributed by atoms with van der Waals surface area (Å²) in [5.41, 5.74) is 6.53. The van der Waals surface area contributed by atoms with Crippen molar-refractivity contribution in [1.29, 1.82) is 0 Å². The topological polar surface area (TPSA) is 126 Å². The Bertz CT molecular complexity index is 1800. The van der Waals surface area contributed by atoms with Gasteiger partial charge in [0.05, 0.1) is 42.4 Å². The average Bonchev–Trinajstić information content (AvgIpc) is 3.43. The highest BCUT2D eigenvalue weighted by Crippen LogP contribution is 2.45. The number of carboxylic acids is 1. The van der Waals surface area contributed by atoms with E-state index < -0.39 is 16.0 Å². The number of benzene rings is 2. The molecule has 1 aliphatic heterocycles. The molecule has 0 bridgehead atoms. The van der Waals surface area contributed by atoms with Gasteiger partial charge in [0.2, 0.25) is 10.0 Å². The average molecular weight is 606 g/mol. The second-order valence-corrected chi connectivity index (χ2v) is 12.4. The number of carbonyl (C=O) groups is 1. The number of sulfonamides is 1. The zero-order valence-electron chi connectivity index (χ0n) is 23.7. The maximum Gasteiger partial charge on any atom is 0.335 e. The van der Waals surface area contributed by atoms with Gasteiger partial charge in [0.1, 0.15) is 5.75 Å². The number of aromatic carboxylic acids is 1. The van der Waals surface area contributed by atoms with E-state index in [1.165, 1.54) is 7.11 Å². The summed E-state index contributed by atoms with van der Waals surface area (Å²) in [6.45, 7) is 5.94. The minimum atomic E-state index is -3.53. The van der Waals surface area contributed by atoms with Gasteiger partial charge in [0.25, 0.3) is 0 Å². The second-order valence-electron chi connectivity index (χ2n) is 10.2. The molecule has 1 fully saturated rings. The first-order valence-electron chi connectivity index (χ1n) is 13.1. The summed E-state index contributed by atoms with van der Waals surface area (Å²) in [5, 5.41) is 13.6. The van der Waals surface area contributed by atoms with E-state index in [1.54, 1.807) is 36.5 Å². The minimum absolute atomic E-state index is 0.205. The number of nitrogens with one attached hydrogen (secondary N) is 2. The summed E-state index contributed by atoms with van der Waals surface area (Å²) in [6, 6.07) is 17.4. The van der Waals surface area contributed by atoms with Crippen LogP contribution in [0.2, 0.25) is 0 Å². The van der Waals surface area contributed by atoms with Gasteiger partial charge >= 0.3 is 5.97 Å². The van der Waals surface area contributed by atoms with Crippen LogP contribution in [0.5, 0.6) is 5.75 Å². The Morgan fingerprint density at radius 2 is 1.86 bits per heavy atom. The summed E-state index contributed by atoms with van der Waals surface area (Å²) >= 11 is 5.88. The van der Waals surface area contributed by atoms with Gasteiger partial charge in [-0.3, -0.25) is 9.71 Å². The predicted octanol–water partition coefficient (Wildman–Crippen LogP) is 5.05. The molecule has 2 aromatic carbocycles. The molecule has 218 valence electrons. The van der Waals surface area contributed by atoms with Gasteiger partial charge in [-0.05, 0) is 86.6 Å². The third-order valence-electron chi connectivity index (χ3n) is 7.34. The number of thiocarbonyl (C=S) groups is 1. The molecular formula is C30H31N5O5S2. The van der Waals surface area contributed by atoms with Crippen LogP contribution < -0.4 is 19.7 Å². The number of aryl methyl sites for hydroxylation is 2. The first-order chi connectivity index (χ1) is 19.9. The van der Waals surface area contributed by atoms with Gasteiger partial charge < -0.3 is 24.6 Å². The van der Waals surface area contributed by atoms with Crippen molar-refractivity contribution in [2.24, 2.45) is 0 Å². The molecule has 12 heteroatoms. The molecule has 1 aliphatic rings. The van der Waals surface area contributed by atoms with E-state index in [4.69, 9.17) is 17.0 Å². The molecule has 42 heavy (non-hydrogen) atoms. The van der Waals surface area contributed by atoms with Crippen molar-refractivity contribution in [2.75, 3.05) is 23.0 Å². The molecule has 3 heterocycles. The molecule has 0 saturated carbocycles. The monoisotopic (exact) mass is 605 g/mol. The van der Waals surface area contributed by atoms with E-state index in [0.29, 0.717) is 22.2 Å². The van der Waals surface area contributed by atoms with E-state index in [2.05, 4.69) is 25.7 Å². The Labute approximate surface area is 250 Å². The van der Waals surface area contributed by atoms with E-state index >= 15 is 0 Å². The molecule has 2 atom stereocenters. The number of pyridine rings is 1. The van der Waals surface area contributed by atoms with Crippen LogP contribution >= 0.6 is 12.2 Å². The van der Waals surface area contributed by atoms with E-state index in [0.717, 1.165) is 40.2 Å². The first-order valence-corrected chi connectivity index (χ1v) is 15.4. The highest BCUT2D eigenvalue weighted by atomic mass is 32.2. The van der Waals surface area contributed by atoms with Gasteiger partial charge in [0.15, 0.2) is 5.11 Å². The van der Waals surface area contributed by atoms with Crippen molar-refractivity contribution in [1.82, 2.24) is 14.9 Å². The molecule has 5 rings (SSSR count). The van der Waals surface area contributed by atoms with Gasteiger partial charge in [-0.2, -0.15) is 0 Å². The Hall–Kier alpha value is -4.42. The minimum Gasteiger partial charge on any atom is -0.494 e. The number of methoxy groups -OCH3 is 1. The van der Waals surface area contributed by atoms with Gasteiger partial charge in [0, 0.05) is 35.0 Å². The summed E-state index contributed by atoms with van der Waals surface area (Å²) in [7, 11) is -2.05. The first kappa shape index (κ1) is 29.1. The molecule has 0 unspecified atom stereocenters. The lowest BCUT2D eigenvalue weighted by Gasteiger charge is -2.29. The van der Waals surface area contributed by atoms with Crippen LogP contribution in [0.25, 0.3) is 5.69 Å². The van der Waals surface area contributed by atoms with Gasteiger partial charge in [-0.15, -0.1) is 0 Å². The third kappa shape index (κ3) is 5.42. The van der Waals surface area contributed by atoms with Crippen LogP contribution in [0.1, 0.15) is 50.7 Å². The predicted molar refractivity (Wildman–Crippen MR) is 166 cm³/mol. The van der Waals surface area contributed by atoms with E-state index in [9.17, 15) is 18.3 Å². The van der Waals surface area contributed by atoms with Crippen LogP contribution in [0.3, 0.4) is 0 Å². The number of carboxylic acid groups (broad SMARTS) is 1. The number of hydrogen-bond acceptors (Lipinski definition) is 6. The Morgan fingerprint density at radius 3 is 2.50 bits per heavy atom. The van der Waals surface area contributed by atoms with E-state index in [1.807, 2.05) is 49.9 Å². The number of aromatic nitrogens is 2. The van der Waals surface area contributed by atoms with Crippen molar-refractivity contribution in [3.05, 3.63) is 101 Å². The lowest BCUT2D eigenvalue weighted by Crippen LogP contribution is -2.29. The third-order valence-corrected chi connectivity index (χ3v) is 8.25. The van der Waals surface area contributed by atoms with Crippen molar-refractivity contribution in [3.63, 3.8) is 0 Å². The Balaban J connectivity index is 1.69. The molecule has 3 N–H and O–H groups in total. The number of hydrogen-bond donors (Lipinski definition) is 3. The lowest BCUT2D eigenvalue weighted by molar-refractivity contribution is 0.0696. The van der Waals surface area contributed by atoms with Crippen molar-refractivity contribution < 1.29 is 23.1 Å². The zero-order valence-corrected chi connectivity index (χ0v) is 25.4. The fraction of sp³-hybridized carbons (Fsp3) is 0.233. The quantitative estimate of drug-likeness (QED) is 0.237. The highest BCUT2D eigenvalue weighted by Gasteiger charge is 2.42. The van der Waals surface area contributed by atoms with Crippen LogP contribution in [-0.4, -0.2) is 47.5 Å². The van der Waals surface area contributed by atoms with Crippen LogP contribution in [0, 0.1) is 20.8 Å². The smallest absolute Gasteiger partial charge is 0.335 e. The second kappa shape index (κ2) is 11.1.